The van der Waals surface area contributed by atoms with E-state index in [0.717, 1.165) is 22.2 Å². The highest BCUT2D eigenvalue weighted by molar-refractivity contribution is 5.97. The van der Waals surface area contributed by atoms with Gasteiger partial charge in [-0.05, 0) is 24.1 Å². The van der Waals surface area contributed by atoms with Gasteiger partial charge in [0.05, 0.1) is 11.0 Å². The smallest absolute Gasteiger partial charge is 0.331 e. The van der Waals surface area contributed by atoms with Gasteiger partial charge in [-0.2, -0.15) is 0 Å². The average molecular weight is 273 g/mol. The van der Waals surface area contributed by atoms with Crippen molar-refractivity contribution in [2.45, 2.75) is 13.0 Å². The van der Waals surface area contributed by atoms with Gasteiger partial charge in [-0.25, -0.2) is 9.78 Å². The Morgan fingerprint density at radius 1 is 1.45 bits per heavy atom. The van der Waals surface area contributed by atoms with E-state index in [4.69, 9.17) is 15.6 Å². The van der Waals surface area contributed by atoms with Gasteiger partial charge in [-0.3, -0.25) is 0 Å². The zero-order chi connectivity index (χ0) is 14.1. The number of carbonyl (C=O) groups is 1. The number of nitrogen functional groups attached to an aromatic ring is 1. The quantitative estimate of drug-likeness (QED) is 0.809. The lowest BCUT2D eigenvalue weighted by molar-refractivity contribution is -0.134. The fourth-order valence-corrected chi connectivity index (χ4v) is 2.35. The van der Waals surface area contributed by atoms with Crippen molar-refractivity contribution in [3.63, 3.8) is 0 Å². The van der Waals surface area contributed by atoms with E-state index in [0.29, 0.717) is 25.5 Å². The van der Waals surface area contributed by atoms with Crippen molar-refractivity contribution in [1.82, 2.24) is 9.55 Å². The standard InChI is InChI=1S/C14H15N3O3/c15-14-16-11-6-9(10-7-13(19)20-8-10)2-3-12(11)17(14)4-1-5-18/h2-3,6-7,18H,1,4-5,8H2,(H2,15,16). The molecule has 3 rings (SSSR count). The Kier molecular flexibility index (Phi) is 3.15. The molecular weight excluding hydrogens is 258 g/mol. The number of aryl methyl sites for hydroxylation is 1. The number of fused-ring (bicyclic) bond motifs is 1. The number of carbonyl (C=O) groups excluding carboxylic acids is 1. The van der Waals surface area contributed by atoms with Crippen LogP contribution in [0, 0.1) is 0 Å². The zero-order valence-electron chi connectivity index (χ0n) is 10.9. The van der Waals surface area contributed by atoms with Gasteiger partial charge in [0.25, 0.3) is 0 Å². The van der Waals surface area contributed by atoms with E-state index >= 15 is 0 Å². The largest absolute Gasteiger partial charge is 0.458 e. The molecule has 0 saturated carbocycles. The number of imidazole rings is 1. The Labute approximate surface area is 115 Å². The van der Waals surface area contributed by atoms with Crippen LogP contribution in [0.25, 0.3) is 16.6 Å². The highest BCUT2D eigenvalue weighted by Gasteiger charge is 2.16. The van der Waals surface area contributed by atoms with Gasteiger partial charge < -0.3 is 20.1 Å². The molecule has 104 valence electrons. The molecule has 0 unspecified atom stereocenters. The average Bonchev–Trinajstić information content (AvgIpc) is 2.99. The van der Waals surface area contributed by atoms with Crippen LogP contribution in [0.5, 0.6) is 0 Å². The second-order valence-electron chi connectivity index (χ2n) is 4.68. The maximum atomic E-state index is 11.1. The molecule has 1 aliphatic heterocycles. The molecular formula is C14H15N3O3. The molecule has 20 heavy (non-hydrogen) atoms. The van der Waals surface area contributed by atoms with Gasteiger partial charge in [0, 0.05) is 24.8 Å². The highest BCUT2D eigenvalue weighted by atomic mass is 16.5. The fraction of sp³-hybridized carbons (Fsp3) is 0.286. The van der Waals surface area contributed by atoms with Gasteiger partial charge in [0.1, 0.15) is 6.61 Å². The van der Waals surface area contributed by atoms with Crippen molar-refractivity contribution in [2.24, 2.45) is 0 Å². The Morgan fingerprint density at radius 2 is 2.30 bits per heavy atom. The van der Waals surface area contributed by atoms with Gasteiger partial charge in [0.2, 0.25) is 5.95 Å². The molecule has 1 aromatic heterocycles. The van der Waals surface area contributed by atoms with E-state index in [-0.39, 0.29) is 12.6 Å². The maximum Gasteiger partial charge on any atom is 0.331 e. The number of nitrogens with two attached hydrogens (primary N) is 1. The zero-order valence-corrected chi connectivity index (χ0v) is 10.9. The van der Waals surface area contributed by atoms with E-state index < -0.39 is 0 Å². The normalized spacial score (nSPS) is 14.7. The number of esters is 1. The van der Waals surface area contributed by atoms with E-state index in [2.05, 4.69) is 4.98 Å². The number of aromatic nitrogens is 2. The van der Waals surface area contributed by atoms with Crippen molar-refractivity contribution in [3.05, 3.63) is 29.8 Å². The Bertz CT molecular complexity index is 703. The molecule has 0 fully saturated rings. The van der Waals surface area contributed by atoms with Crippen molar-refractivity contribution < 1.29 is 14.6 Å². The number of hydrogen-bond acceptors (Lipinski definition) is 5. The summed E-state index contributed by atoms with van der Waals surface area (Å²) < 4.78 is 6.78. The minimum absolute atomic E-state index is 0.115. The van der Waals surface area contributed by atoms with Crippen LogP contribution < -0.4 is 5.73 Å². The predicted molar refractivity (Wildman–Crippen MR) is 74.8 cm³/mol. The monoisotopic (exact) mass is 273 g/mol. The van der Waals surface area contributed by atoms with E-state index in [9.17, 15) is 4.79 Å². The molecule has 1 aliphatic rings. The molecule has 0 aliphatic carbocycles. The fourth-order valence-electron chi connectivity index (χ4n) is 2.35. The van der Waals surface area contributed by atoms with E-state index in [1.807, 2.05) is 22.8 Å². The van der Waals surface area contributed by atoms with Crippen molar-refractivity contribution in [3.8, 4) is 0 Å². The summed E-state index contributed by atoms with van der Waals surface area (Å²) in [4.78, 5) is 15.4. The topological polar surface area (TPSA) is 90.4 Å². The minimum Gasteiger partial charge on any atom is -0.458 e. The highest BCUT2D eigenvalue weighted by Crippen LogP contribution is 2.25. The molecule has 3 N–H and O–H groups in total. The van der Waals surface area contributed by atoms with Crippen molar-refractivity contribution in [1.29, 1.82) is 0 Å². The molecule has 6 heteroatoms. The molecule has 0 saturated heterocycles. The molecule has 0 atom stereocenters. The van der Waals surface area contributed by atoms with Gasteiger partial charge >= 0.3 is 5.97 Å². The van der Waals surface area contributed by atoms with Crippen LogP contribution in [0.15, 0.2) is 24.3 Å². The summed E-state index contributed by atoms with van der Waals surface area (Å²) in [7, 11) is 0. The number of ether oxygens (including phenoxy) is 1. The lowest BCUT2D eigenvalue weighted by atomic mass is 10.1. The van der Waals surface area contributed by atoms with Gasteiger partial charge in [-0.1, -0.05) is 6.07 Å². The third-order valence-electron chi connectivity index (χ3n) is 3.35. The number of aliphatic hydroxyl groups is 1. The van der Waals surface area contributed by atoms with Crippen LogP contribution in [0.4, 0.5) is 5.95 Å². The van der Waals surface area contributed by atoms with Crippen LogP contribution in [0.3, 0.4) is 0 Å². The van der Waals surface area contributed by atoms with Crippen LogP contribution in [-0.2, 0) is 16.1 Å². The number of hydrogen-bond donors (Lipinski definition) is 2. The second-order valence-corrected chi connectivity index (χ2v) is 4.68. The Morgan fingerprint density at radius 3 is 3.00 bits per heavy atom. The summed E-state index contributed by atoms with van der Waals surface area (Å²) in [5.41, 5.74) is 9.35. The third kappa shape index (κ3) is 2.14. The van der Waals surface area contributed by atoms with Crippen LogP contribution in [-0.4, -0.2) is 33.8 Å². The predicted octanol–water partition coefficient (Wildman–Crippen LogP) is 0.941. The number of cyclic esters (lactones) is 1. The summed E-state index contributed by atoms with van der Waals surface area (Å²) in [5.74, 6) is 0.117. The Hall–Kier alpha value is -2.34. The molecule has 2 heterocycles. The van der Waals surface area contributed by atoms with Crippen molar-refractivity contribution >= 4 is 28.5 Å². The molecule has 2 aromatic rings. The number of aliphatic hydroxyl groups excluding tert-OH is 1. The summed E-state index contributed by atoms with van der Waals surface area (Å²) in [6.07, 6.45) is 2.12. The van der Waals surface area contributed by atoms with Gasteiger partial charge in [-0.15, -0.1) is 0 Å². The van der Waals surface area contributed by atoms with Crippen LogP contribution in [0.2, 0.25) is 0 Å². The van der Waals surface area contributed by atoms with Crippen molar-refractivity contribution in [2.75, 3.05) is 18.9 Å². The number of anilines is 1. The minimum atomic E-state index is -0.312. The lowest BCUT2D eigenvalue weighted by Crippen LogP contribution is -2.04. The summed E-state index contributed by atoms with van der Waals surface area (Å²) >= 11 is 0. The Balaban J connectivity index is 2.00. The molecule has 0 bridgehead atoms. The maximum absolute atomic E-state index is 11.1. The van der Waals surface area contributed by atoms with E-state index in [1.54, 1.807) is 0 Å². The molecule has 1 aromatic carbocycles. The molecule has 0 spiro atoms. The second kappa shape index (κ2) is 4.97. The lowest BCUT2D eigenvalue weighted by Gasteiger charge is -2.05. The molecule has 0 amide bonds. The first kappa shape index (κ1) is 12.7. The first-order valence-electron chi connectivity index (χ1n) is 6.43. The molecule has 6 nitrogen and oxygen atoms in total. The van der Waals surface area contributed by atoms with Crippen LogP contribution >= 0.6 is 0 Å². The number of nitrogens with zero attached hydrogens (tertiary/aromatic N) is 2. The molecule has 0 radical (unpaired) electrons. The van der Waals surface area contributed by atoms with Gasteiger partial charge in [0.15, 0.2) is 0 Å². The van der Waals surface area contributed by atoms with E-state index in [1.165, 1.54) is 6.08 Å². The summed E-state index contributed by atoms with van der Waals surface area (Å²) in [6, 6.07) is 5.75. The summed E-state index contributed by atoms with van der Waals surface area (Å²) in [5, 5.41) is 8.91. The SMILES string of the molecule is Nc1nc2cc(C3=CC(=O)OC3)ccc2n1CCCO. The number of rotatable bonds is 4. The first-order chi connectivity index (χ1) is 9.69. The van der Waals surface area contributed by atoms with Crippen LogP contribution in [0.1, 0.15) is 12.0 Å². The number of benzene rings is 1. The third-order valence-corrected chi connectivity index (χ3v) is 3.35. The summed E-state index contributed by atoms with van der Waals surface area (Å²) in [6.45, 7) is 1.04. The first-order valence-corrected chi connectivity index (χ1v) is 6.43.